The number of rotatable bonds is 8. The maximum atomic E-state index is 12.6. The monoisotopic (exact) mass is 390 g/mol. The highest BCUT2D eigenvalue weighted by molar-refractivity contribution is 5.95. The molecule has 2 aromatic heterocycles. The number of para-hydroxylation sites is 1. The number of benzene rings is 2. The third-order valence-electron chi connectivity index (χ3n) is 4.76. The highest BCUT2D eigenvalue weighted by atomic mass is 16.5. The molecule has 4 aromatic rings. The van der Waals surface area contributed by atoms with Crippen LogP contribution in [0.3, 0.4) is 0 Å². The van der Waals surface area contributed by atoms with Gasteiger partial charge in [0.25, 0.3) is 5.91 Å². The number of aromatic nitrogens is 1. The lowest BCUT2D eigenvalue weighted by Crippen LogP contribution is -2.26. The molecule has 6 nitrogen and oxygen atoms in total. The van der Waals surface area contributed by atoms with Crippen molar-refractivity contribution in [3.8, 4) is 11.5 Å². The van der Waals surface area contributed by atoms with Crippen LogP contribution in [0.2, 0.25) is 0 Å². The maximum Gasteiger partial charge on any atom is 0.254 e. The van der Waals surface area contributed by atoms with Crippen LogP contribution >= 0.6 is 0 Å². The van der Waals surface area contributed by atoms with E-state index in [1.807, 2.05) is 54.7 Å². The van der Waals surface area contributed by atoms with Gasteiger partial charge in [0, 0.05) is 29.7 Å². The molecule has 0 spiro atoms. The molecule has 2 heterocycles. The van der Waals surface area contributed by atoms with Gasteiger partial charge in [-0.15, -0.1) is 0 Å². The van der Waals surface area contributed by atoms with Crippen molar-refractivity contribution in [1.82, 2.24) is 10.3 Å². The summed E-state index contributed by atoms with van der Waals surface area (Å²) in [6.07, 6.45) is 4.19. The van der Waals surface area contributed by atoms with Gasteiger partial charge in [0.1, 0.15) is 18.1 Å². The van der Waals surface area contributed by atoms with Gasteiger partial charge in [-0.1, -0.05) is 18.2 Å². The SMILES string of the molecule is COc1ccc2c(CCNC(=O)c3ccoc3COc3ccccc3)c[nH]c2c1. The van der Waals surface area contributed by atoms with E-state index in [2.05, 4.69) is 10.3 Å². The minimum absolute atomic E-state index is 0.174. The fraction of sp³-hybridized carbons (Fsp3) is 0.174. The lowest BCUT2D eigenvalue weighted by Gasteiger charge is -2.07. The molecule has 0 saturated heterocycles. The topological polar surface area (TPSA) is 76.5 Å². The third kappa shape index (κ3) is 4.27. The molecule has 0 radical (unpaired) electrons. The quantitative estimate of drug-likeness (QED) is 0.470. The Morgan fingerprint density at radius 2 is 1.97 bits per heavy atom. The van der Waals surface area contributed by atoms with Crippen LogP contribution in [-0.4, -0.2) is 24.5 Å². The number of carbonyl (C=O) groups is 1. The number of H-pyrrole nitrogens is 1. The first-order valence-corrected chi connectivity index (χ1v) is 9.41. The van der Waals surface area contributed by atoms with Crippen LogP contribution in [0.4, 0.5) is 0 Å². The van der Waals surface area contributed by atoms with Crippen LogP contribution in [-0.2, 0) is 13.0 Å². The first-order valence-electron chi connectivity index (χ1n) is 9.41. The minimum atomic E-state index is -0.174. The summed E-state index contributed by atoms with van der Waals surface area (Å²) in [7, 11) is 1.65. The number of methoxy groups -OCH3 is 1. The molecular formula is C23H22N2O4. The Morgan fingerprint density at radius 1 is 1.10 bits per heavy atom. The van der Waals surface area contributed by atoms with Crippen LogP contribution in [0.15, 0.2) is 71.5 Å². The van der Waals surface area contributed by atoms with Crippen molar-refractivity contribution < 1.29 is 18.7 Å². The number of carbonyl (C=O) groups excluding carboxylic acids is 1. The van der Waals surface area contributed by atoms with E-state index < -0.39 is 0 Å². The first kappa shape index (κ1) is 18.7. The largest absolute Gasteiger partial charge is 0.497 e. The molecule has 29 heavy (non-hydrogen) atoms. The number of hydrogen-bond acceptors (Lipinski definition) is 4. The van der Waals surface area contributed by atoms with Gasteiger partial charge in [-0.25, -0.2) is 0 Å². The molecule has 0 aliphatic carbocycles. The molecule has 2 aromatic carbocycles. The average Bonchev–Trinajstić information content (AvgIpc) is 3.39. The second-order valence-corrected chi connectivity index (χ2v) is 6.59. The van der Waals surface area contributed by atoms with Gasteiger partial charge in [-0.2, -0.15) is 0 Å². The number of ether oxygens (including phenoxy) is 2. The summed E-state index contributed by atoms with van der Waals surface area (Å²) in [5, 5.41) is 4.08. The smallest absolute Gasteiger partial charge is 0.254 e. The van der Waals surface area contributed by atoms with Crippen LogP contribution in [0.5, 0.6) is 11.5 Å². The number of fused-ring (bicyclic) bond motifs is 1. The lowest BCUT2D eigenvalue weighted by atomic mass is 10.1. The molecule has 1 amide bonds. The Morgan fingerprint density at radius 3 is 2.79 bits per heavy atom. The van der Waals surface area contributed by atoms with E-state index in [9.17, 15) is 4.79 Å². The number of nitrogens with one attached hydrogen (secondary N) is 2. The zero-order valence-corrected chi connectivity index (χ0v) is 16.1. The van der Waals surface area contributed by atoms with Crippen LogP contribution in [0, 0.1) is 0 Å². The summed E-state index contributed by atoms with van der Waals surface area (Å²) >= 11 is 0. The van der Waals surface area contributed by atoms with Crippen molar-refractivity contribution in [2.45, 2.75) is 13.0 Å². The van der Waals surface area contributed by atoms with Gasteiger partial charge in [-0.3, -0.25) is 4.79 Å². The minimum Gasteiger partial charge on any atom is -0.497 e. The summed E-state index contributed by atoms with van der Waals surface area (Å²) < 4.78 is 16.4. The second kappa shape index (κ2) is 8.56. The molecule has 0 bridgehead atoms. The fourth-order valence-corrected chi connectivity index (χ4v) is 3.23. The molecule has 0 saturated carbocycles. The predicted octanol–water partition coefficient (Wildman–Crippen LogP) is 4.32. The van der Waals surface area contributed by atoms with Crippen LogP contribution in [0.25, 0.3) is 10.9 Å². The number of aromatic amines is 1. The molecule has 6 heteroatoms. The van der Waals surface area contributed by atoms with Crippen molar-refractivity contribution >= 4 is 16.8 Å². The Bertz CT molecular complexity index is 1100. The molecule has 0 aliphatic rings. The van der Waals surface area contributed by atoms with E-state index in [1.54, 1.807) is 13.2 Å². The van der Waals surface area contributed by atoms with E-state index in [1.165, 1.54) is 6.26 Å². The molecule has 2 N–H and O–H groups in total. The Kier molecular flexibility index (Phi) is 5.52. The van der Waals surface area contributed by atoms with Crippen molar-refractivity contribution in [2.75, 3.05) is 13.7 Å². The Balaban J connectivity index is 1.34. The first-order chi connectivity index (χ1) is 14.2. The highest BCUT2D eigenvalue weighted by Gasteiger charge is 2.15. The maximum absolute atomic E-state index is 12.6. The number of furan rings is 1. The fourth-order valence-electron chi connectivity index (χ4n) is 3.23. The summed E-state index contributed by atoms with van der Waals surface area (Å²) in [5.41, 5.74) is 2.65. The van der Waals surface area contributed by atoms with Crippen LogP contribution < -0.4 is 14.8 Å². The third-order valence-corrected chi connectivity index (χ3v) is 4.76. The number of amides is 1. The average molecular weight is 390 g/mol. The Hall–Kier alpha value is -3.67. The summed E-state index contributed by atoms with van der Waals surface area (Å²) in [4.78, 5) is 15.8. The summed E-state index contributed by atoms with van der Waals surface area (Å²) in [6.45, 7) is 0.714. The van der Waals surface area contributed by atoms with E-state index >= 15 is 0 Å². The van der Waals surface area contributed by atoms with Crippen molar-refractivity contribution in [3.63, 3.8) is 0 Å². The van der Waals surface area contributed by atoms with E-state index in [0.717, 1.165) is 28.0 Å². The highest BCUT2D eigenvalue weighted by Crippen LogP contribution is 2.23. The normalized spacial score (nSPS) is 10.8. The lowest BCUT2D eigenvalue weighted by molar-refractivity contribution is 0.0949. The van der Waals surface area contributed by atoms with E-state index in [0.29, 0.717) is 24.3 Å². The zero-order valence-electron chi connectivity index (χ0n) is 16.1. The summed E-state index contributed by atoms with van der Waals surface area (Å²) in [5.74, 6) is 1.87. The molecule has 0 atom stereocenters. The van der Waals surface area contributed by atoms with Crippen LogP contribution in [0.1, 0.15) is 21.7 Å². The molecule has 0 unspecified atom stereocenters. The van der Waals surface area contributed by atoms with Crippen molar-refractivity contribution in [3.05, 3.63) is 83.9 Å². The second-order valence-electron chi connectivity index (χ2n) is 6.59. The zero-order chi connectivity index (χ0) is 20.1. The van der Waals surface area contributed by atoms with Gasteiger partial charge >= 0.3 is 0 Å². The molecular weight excluding hydrogens is 368 g/mol. The molecule has 0 aliphatic heterocycles. The molecule has 148 valence electrons. The van der Waals surface area contributed by atoms with E-state index in [4.69, 9.17) is 13.9 Å². The van der Waals surface area contributed by atoms with Crippen molar-refractivity contribution in [1.29, 1.82) is 0 Å². The Labute approximate surface area is 168 Å². The summed E-state index contributed by atoms with van der Waals surface area (Å²) in [6, 6.07) is 17.0. The van der Waals surface area contributed by atoms with Gasteiger partial charge in [0.05, 0.1) is 18.9 Å². The van der Waals surface area contributed by atoms with Gasteiger partial charge in [0.2, 0.25) is 0 Å². The predicted molar refractivity (Wildman–Crippen MR) is 110 cm³/mol. The molecule has 0 fully saturated rings. The van der Waals surface area contributed by atoms with Gasteiger partial charge < -0.3 is 24.2 Å². The standard InChI is InChI=1S/C23H22N2O4/c1-27-18-7-8-19-16(14-25-21(19)13-18)9-11-24-23(26)20-10-12-28-22(20)15-29-17-5-3-2-4-6-17/h2-8,10,12-14,25H,9,11,15H2,1H3,(H,24,26). The van der Waals surface area contributed by atoms with Gasteiger partial charge in [-0.05, 0) is 42.3 Å². The van der Waals surface area contributed by atoms with Crippen molar-refractivity contribution in [2.24, 2.45) is 0 Å². The van der Waals surface area contributed by atoms with E-state index in [-0.39, 0.29) is 12.5 Å². The number of hydrogen-bond donors (Lipinski definition) is 2. The molecule has 4 rings (SSSR count). The van der Waals surface area contributed by atoms with Gasteiger partial charge in [0.15, 0.2) is 5.76 Å².